The van der Waals surface area contributed by atoms with Gasteiger partial charge in [-0.05, 0) is 24.1 Å². The van der Waals surface area contributed by atoms with E-state index < -0.39 is 0 Å². The van der Waals surface area contributed by atoms with E-state index in [1.54, 1.807) is 12.1 Å². The molecule has 13 heavy (non-hydrogen) atoms. The molecule has 0 saturated heterocycles. The van der Waals surface area contributed by atoms with E-state index in [2.05, 4.69) is 5.92 Å². The van der Waals surface area contributed by atoms with Crippen LogP contribution >= 0.6 is 0 Å². The standard InChI is InChI=1S/C11H12FN/c1-2-3-4-11(13)9-5-7-10(12)8-6-9/h1,5-8,11H,3-4,13H2. The lowest BCUT2D eigenvalue weighted by Crippen LogP contribution is -2.09. The highest BCUT2D eigenvalue weighted by atomic mass is 19.1. The lowest BCUT2D eigenvalue weighted by molar-refractivity contribution is 0.621. The molecule has 0 aliphatic heterocycles. The number of rotatable bonds is 3. The highest BCUT2D eigenvalue weighted by Gasteiger charge is 2.04. The highest BCUT2D eigenvalue weighted by molar-refractivity contribution is 5.19. The largest absolute Gasteiger partial charge is 0.324 e. The number of hydrogen-bond acceptors (Lipinski definition) is 1. The summed E-state index contributed by atoms with van der Waals surface area (Å²) in [5, 5.41) is 0. The van der Waals surface area contributed by atoms with Gasteiger partial charge in [-0.25, -0.2) is 4.39 Å². The summed E-state index contributed by atoms with van der Waals surface area (Å²) in [4.78, 5) is 0. The van der Waals surface area contributed by atoms with Crippen molar-refractivity contribution in [2.24, 2.45) is 5.73 Å². The van der Waals surface area contributed by atoms with Crippen LogP contribution in [0.5, 0.6) is 0 Å². The van der Waals surface area contributed by atoms with Crippen LogP contribution in [0.4, 0.5) is 4.39 Å². The Labute approximate surface area is 77.8 Å². The minimum atomic E-state index is -0.243. The Bertz CT molecular complexity index is 297. The molecule has 0 aliphatic carbocycles. The number of halogens is 1. The van der Waals surface area contributed by atoms with E-state index in [0.717, 1.165) is 12.0 Å². The summed E-state index contributed by atoms with van der Waals surface area (Å²) in [5.74, 6) is 2.28. The first kappa shape index (κ1) is 9.76. The van der Waals surface area contributed by atoms with Gasteiger partial charge in [0.05, 0.1) is 0 Å². The van der Waals surface area contributed by atoms with Crippen LogP contribution in [0.25, 0.3) is 0 Å². The minimum absolute atomic E-state index is 0.0864. The molecule has 0 amide bonds. The molecule has 1 aromatic rings. The number of benzene rings is 1. The van der Waals surface area contributed by atoms with Gasteiger partial charge in [-0.3, -0.25) is 0 Å². The van der Waals surface area contributed by atoms with Crippen LogP contribution in [-0.2, 0) is 0 Å². The molecule has 2 N–H and O–H groups in total. The van der Waals surface area contributed by atoms with E-state index in [4.69, 9.17) is 12.2 Å². The maximum absolute atomic E-state index is 12.5. The second kappa shape index (κ2) is 4.64. The zero-order valence-electron chi connectivity index (χ0n) is 7.33. The third kappa shape index (κ3) is 2.89. The number of nitrogens with two attached hydrogens (primary N) is 1. The number of hydrogen-bond donors (Lipinski definition) is 1. The molecule has 2 heteroatoms. The molecule has 0 spiro atoms. The highest BCUT2D eigenvalue weighted by Crippen LogP contribution is 2.15. The Morgan fingerprint density at radius 1 is 1.38 bits per heavy atom. The fourth-order valence-electron chi connectivity index (χ4n) is 1.12. The van der Waals surface area contributed by atoms with Crippen LogP contribution in [0.3, 0.4) is 0 Å². The molecule has 1 nitrogen and oxygen atoms in total. The van der Waals surface area contributed by atoms with Gasteiger partial charge in [0, 0.05) is 12.5 Å². The normalized spacial score (nSPS) is 12.1. The molecule has 0 fully saturated rings. The van der Waals surface area contributed by atoms with Crippen LogP contribution in [-0.4, -0.2) is 0 Å². The monoisotopic (exact) mass is 177 g/mol. The van der Waals surface area contributed by atoms with Crippen LogP contribution in [0, 0.1) is 18.2 Å². The summed E-state index contributed by atoms with van der Waals surface area (Å²) in [6.45, 7) is 0. The van der Waals surface area contributed by atoms with Gasteiger partial charge in [-0.15, -0.1) is 12.3 Å². The van der Waals surface area contributed by atoms with Crippen LogP contribution in [0.15, 0.2) is 24.3 Å². The zero-order chi connectivity index (χ0) is 9.68. The average molecular weight is 177 g/mol. The maximum Gasteiger partial charge on any atom is 0.123 e. The van der Waals surface area contributed by atoms with Crippen molar-refractivity contribution in [1.82, 2.24) is 0 Å². The summed E-state index contributed by atoms with van der Waals surface area (Å²) in [6, 6.07) is 6.11. The number of terminal acetylenes is 1. The Hall–Kier alpha value is -1.33. The molecule has 0 aromatic heterocycles. The van der Waals surface area contributed by atoms with Crippen molar-refractivity contribution in [1.29, 1.82) is 0 Å². The van der Waals surface area contributed by atoms with Crippen molar-refractivity contribution in [3.05, 3.63) is 35.6 Å². The minimum Gasteiger partial charge on any atom is -0.324 e. The molecule has 68 valence electrons. The third-order valence-electron chi connectivity index (χ3n) is 1.90. The first-order chi connectivity index (χ1) is 6.24. The van der Waals surface area contributed by atoms with Crippen LogP contribution < -0.4 is 5.73 Å². The predicted octanol–water partition coefficient (Wildman–Crippen LogP) is 2.24. The summed E-state index contributed by atoms with van der Waals surface area (Å²) >= 11 is 0. The van der Waals surface area contributed by atoms with Crippen molar-refractivity contribution >= 4 is 0 Å². The van der Waals surface area contributed by atoms with Crippen LogP contribution in [0.2, 0.25) is 0 Å². The van der Waals surface area contributed by atoms with Crippen LogP contribution in [0.1, 0.15) is 24.4 Å². The second-order valence-corrected chi connectivity index (χ2v) is 2.90. The molecule has 0 aliphatic rings. The molecule has 1 rings (SSSR count). The lowest BCUT2D eigenvalue weighted by atomic mass is 10.0. The topological polar surface area (TPSA) is 26.0 Å². The van der Waals surface area contributed by atoms with Gasteiger partial charge in [0.15, 0.2) is 0 Å². The average Bonchev–Trinajstić information content (AvgIpc) is 2.15. The molecule has 0 radical (unpaired) electrons. The van der Waals surface area contributed by atoms with Crippen molar-refractivity contribution in [2.45, 2.75) is 18.9 Å². The van der Waals surface area contributed by atoms with Crippen molar-refractivity contribution in [3.8, 4) is 12.3 Å². The third-order valence-corrected chi connectivity index (χ3v) is 1.90. The first-order valence-corrected chi connectivity index (χ1v) is 4.18. The fraction of sp³-hybridized carbons (Fsp3) is 0.273. The predicted molar refractivity (Wildman–Crippen MR) is 51.4 cm³/mol. The van der Waals surface area contributed by atoms with Gasteiger partial charge in [-0.2, -0.15) is 0 Å². The molecule has 1 unspecified atom stereocenters. The summed E-state index contributed by atoms with van der Waals surface area (Å²) < 4.78 is 12.5. The molecule has 0 bridgehead atoms. The van der Waals surface area contributed by atoms with E-state index in [1.165, 1.54) is 12.1 Å². The molecule has 1 aromatic carbocycles. The molecule has 0 heterocycles. The molecular weight excluding hydrogens is 165 g/mol. The van der Waals surface area contributed by atoms with Gasteiger partial charge in [0.1, 0.15) is 5.82 Å². The van der Waals surface area contributed by atoms with Gasteiger partial charge in [-0.1, -0.05) is 12.1 Å². The van der Waals surface area contributed by atoms with Gasteiger partial charge in [0.2, 0.25) is 0 Å². The van der Waals surface area contributed by atoms with E-state index in [0.29, 0.717) is 6.42 Å². The quantitative estimate of drug-likeness (QED) is 0.704. The summed E-state index contributed by atoms with van der Waals surface area (Å²) in [5.41, 5.74) is 6.74. The second-order valence-electron chi connectivity index (χ2n) is 2.90. The Balaban J connectivity index is 2.62. The maximum atomic E-state index is 12.5. The summed E-state index contributed by atoms with van der Waals surface area (Å²) in [6.07, 6.45) is 6.50. The fourth-order valence-corrected chi connectivity index (χ4v) is 1.12. The van der Waals surface area contributed by atoms with Crippen molar-refractivity contribution < 1.29 is 4.39 Å². The SMILES string of the molecule is C#CCCC(N)c1ccc(F)cc1. The van der Waals surface area contributed by atoms with Gasteiger partial charge < -0.3 is 5.73 Å². The van der Waals surface area contributed by atoms with Crippen molar-refractivity contribution in [2.75, 3.05) is 0 Å². The molecule has 1 atom stereocenters. The molecule has 0 saturated carbocycles. The van der Waals surface area contributed by atoms with E-state index in [1.807, 2.05) is 0 Å². The van der Waals surface area contributed by atoms with Gasteiger partial charge >= 0.3 is 0 Å². The zero-order valence-corrected chi connectivity index (χ0v) is 7.33. The summed E-state index contributed by atoms with van der Waals surface area (Å²) in [7, 11) is 0. The smallest absolute Gasteiger partial charge is 0.123 e. The molecular formula is C11H12FN. The van der Waals surface area contributed by atoms with E-state index >= 15 is 0 Å². The van der Waals surface area contributed by atoms with E-state index in [9.17, 15) is 4.39 Å². The Morgan fingerprint density at radius 2 is 2.00 bits per heavy atom. The Morgan fingerprint density at radius 3 is 2.54 bits per heavy atom. The van der Waals surface area contributed by atoms with E-state index in [-0.39, 0.29) is 11.9 Å². The van der Waals surface area contributed by atoms with Gasteiger partial charge in [0.25, 0.3) is 0 Å². The van der Waals surface area contributed by atoms with Crippen molar-refractivity contribution in [3.63, 3.8) is 0 Å². The first-order valence-electron chi connectivity index (χ1n) is 4.18. The Kier molecular flexibility index (Phi) is 3.48. The lowest BCUT2D eigenvalue weighted by Gasteiger charge is -2.09.